The van der Waals surface area contributed by atoms with Crippen molar-refractivity contribution >= 4 is 11.3 Å². The number of nitrogens with one attached hydrogen (secondary N) is 1. The van der Waals surface area contributed by atoms with E-state index in [4.69, 9.17) is 5.11 Å². The lowest BCUT2D eigenvalue weighted by molar-refractivity contribution is 0.286. The molecule has 4 nitrogen and oxygen atoms in total. The van der Waals surface area contributed by atoms with Crippen LogP contribution in [0.2, 0.25) is 0 Å². The van der Waals surface area contributed by atoms with Crippen molar-refractivity contribution in [1.29, 1.82) is 0 Å². The summed E-state index contributed by atoms with van der Waals surface area (Å²) in [5.74, 6) is 0. The molecule has 0 aliphatic heterocycles. The molecule has 0 radical (unpaired) electrons. The van der Waals surface area contributed by atoms with Gasteiger partial charge in [-0.3, -0.25) is 4.98 Å². The minimum Gasteiger partial charge on any atom is -0.396 e. The molecule has 0 unspecified atom stereocenters. The summed E-state index contributed by atoms with van der Waals surface area (Å²) in [6.45, 7) is 2.01. The minimum atomic E-state index is 0.246. The van der Waals surface area contributed by atoms with Crippen LogP contribution in [0.1, 0.15) is 11.4 Å². The highest BCUT2D eigenvalue weighted by Crippen LogP contribution is 2.21. The van der Waals surface area contributed by atoms with E-state index in [1.807, 2.05) is 12.1 Å². The molecule has 0 aromatic carbocycles. The molecule has 0 saturated carbocycles. The van der Waals surface area contributed by atoms with Gasteiger partial charge in [-0.25, -0.2) is 4.98 Å². The first-order valence-corrected chi connectivity index (χ1v) is 6.94. The fraction of sp³-hybridized carbons (Fsp3) is 0.385. The van der Waals surface area contributed by atoms with Gasteiger partial charge in [-0.1, -0.05) is 0 Å². The minimum absolute atomic E-state index is 0.246. The molecule has 0 saturated heterocycles. The normalized spacial score (nSPS) is 10.7. The van der Waals surface area contributed by atoms with Gasteiger partial charge in [0.25, 0.3) is 0 Å². The van der Waals surface area contributed by atoms with Crippen molar-refractivity contribution in [3.63, 3.8) is 0 Å². The summed E-state index contributed by atoms with van der Waals surface area (Å²) in [5.41, 5.74) is 2.13. The number of nitrogens with zero attached hydrogens (tertiary/aromatic N) is 2. The Balaban J connectivity index is 1.83. The molecule has 0 atom stereocenters. The van der Waals surface area contributed by atoms with Gasteiger partial charge in [-0.15, -0.1) is 11.3 Å². The number of hydrogen-bond donors (Lipinski definition) is 2. The molecule has 2 heterocycles. The molecule has 2 N–H and O–H groups in total. The smallest absolute Gasteiger partial charge is 0.0945 e. The lowest BCUT2D eigenvalue weighted by atomic mass is 10.2. The molecule has 2 aromatic rings. The Kier molecular flexibility index (Phi) is 5.26. The van der Waals surface area contributed by atoms with E-state index < -0.39 is 0 Å². The second-order valence-electron chi connectivity index (χ2n) is 3.94. The van der Waals surface area contributed by atoms with E-state index in [0.29, 0.717) is 0 Å². The molecule has 2 rings (SSSR count). The molecular weight excluding hydrogens is 246 g/mol. The number of hydrogen-bond acceptors (Lipinski definition) is 5. The standard InChI is InChI=1S/C13H17N3OS/c17-9-1-5-14-8-4-13-16-12(10-18-13)11-2-6-15-7-3-11/h2-3,6-7,10,14,17H,1,4-5,8-9H2. The maximum Gasteiger partial charge on any atom is 0.0945 e. The summed E-state index contributed by atoms with van der Waals surface area (Å²) in [6, 6.07) is 3.94. The number of pyridine rings is 1. The van der Waals surface area contributed by atoms with Crippen molar-refractivity contribution < 1.29 is 5.11 Å². The molecule has 0 amide bonds. The van der Waals surface area contributed by atoms with E-state index in [9.17, 15) is 0 Å². The topological polar surface area (TPSA) is 58.0 Å². The predicted molar refractivity (Wildman–Crippen MR) is 73.6 cm³/mol. The summed E-state index contributed by atoms with van der Waals surface area (Å²) < 4.78 is 0. The molecule has 2 aromatic heterocycles. The van der Waals surface area contributed by atoms with Gasteiger partial charge in [-0.2, -0.15) is 0 Å². The van der Waals surface area contributed by atoms with Crippen LogP contribution >= 0.6 is 11.3 Å². The van der Waals surface area contributed by atoms with Gasteiger partial charge >= 0.3 is 0 Å². The van der Waals surface area contributed by atoms with Crippen molar-refractivity contribution in [3.05, 3.63) is 34.9 Å². The van der Waals surface area contributed by atoms with E-state index in [2.05, 4.69) is 20.7 Å². The maximum atomic E-state index is 8.66. The fourth-order valence-electron chi connectivity index (χ4n) is 1.61. The number of rotatable bonds is 7. The van der Waals surface area contributed by atoms with Gasteiger partial charge in [0.15, 0.2) is 0 Å². The lowest BCUT2D eigenvalue weighted by Gasteiger charge is -2.00. The Morgan fingerprint density at radius 2 is 2.06 bits per heavy atom. The fourth-order valence-corrected chi connectivity index (χ4v) is 2.41. The third-order valence-corrected chi connectivity index (χ3v) is 3.46. The van der Waals surface area contributed by atoms with Crippen molar-refractivity contribution in [2.24, 2.45) is 0 Å². The Morgan fingerprint density at radius 1 is 1.22 bits per heavy atom. The zero-order chi connectivity index (χ0) is 12.6. The molecule has 5 heteroatoms. The first-order valence-electron chi connectivity index (χ1n) is 6.06. The Morgan fingerprint density at radius 3 is 2.83 bits per heavy atom. The van der Waals surface area contributed by atoms with Crippen LogP contribution in [-0.4, -0.2) is 34.8 Å². The zero-order valence-electron chi connectivity index (χ0n) is 10.2. The third-order valence-electron chi connectivity index (χ3n) is 2.56. The second kappa shape index (κ2) is 7.20. The van der Waals surface area contributed by atoms with Gasteiger partial charge in [0.2, 0.25) is 0 Å². The van der Waals surface area contributed by atoms with Crippen molar-refractivity contribution in [1.82, 2.24) is 15.3 Å². The second-order valence-corrected chi connectivity index (χ2v) is 4.88. The molecule has 0 spiro atoms. The van der Waals surface area contributed by atoms with E-state index in [-0.39, 0.29) is 6.61 Å². The van der Waals surface area contributed by atoms with Gasteiger partial charge in [0.05, 0.1) is 10.7 Å². The van der Waals surface area contributed by atoms with Crippen molar-refractivity contribution in [2.75, 3.05) is 19.7 Å². The highest BCUT2D eigenvalue weighted by atomic mass is 32.1. The number of aromatic nitrogens is 2. The summed E-state index contributed by atoms with van der Waals surface area (Å²) in [6.07, 6.45) is 5.30. The molecular formula is C13H17N3OS. The number of aliphatic hydroxyl groups is 1. The average molecular weight is 263 g/mol. The Labute approximate surface area is 111 Å². The first kappa shape index (κ1) is 13.1. The van der Waals surface area contributed by atoms with Gasteiger partial charge in [-0.05, 0) is 25.1 Å². The number of thiazole rings is 1. The lowest BCUT2D eigenvalue weighted by Crippen LogP contribution is -2.19. The molecule has 96 valence electrons. The van der Waals surface area contributed by atoms with Crippen LogP contribution in [0, 0.1) is 0 Å². The number of aliphatic hydroxyl groups excluding tert-OH is 1. The van der Waals surface area contributed by atoms with E-state index >= 15 is 0 Å². The summed E-state index contributed by atoms with van der Waals surface area (Å²) in [7, 11) is 0. The largest absolute Gasteiger partial charge is 0.396 e. The van der Waals surface area contributed by atoms with Crippen LogP contribution in [0.15, 0.2) is 29.9 Å². The maximum absolute atomic E-state index is 8.66. The summed E-state index contributed by atoms with van der Waals surface area (Å²) >= 11 is 1.69. The first-order chi connectivity index (χ1) is 8.90. The predicted octanol–water partition coefficient (Wildman–Crippen LogP) is 1.72. The SMILES string of the molecule is OCCCNCCc1nc(-c2ccncc2)cs1. The Hall–Kier alpha value is -1.30. The monoisotopic (exact) mass is 263 g/mol. The molecule has 0 aliphatic rings. The van der Waals surface area contributed by atoms with Gasteiger partial charge < -0.3 is 10.4 Å². The average Bonchev–Trinajstić information content (AvgIpc) is 2.88. The highest BCUT2D eigenvalue weighted by Gasteiger charge is 2.03. The van der Waals surface area contributed by atoms with E-state index in [0.717, 1.165) is 42.2 Å². The van der Waals surface area contributed by atoms with Crippen molar-refractivity contribution in [3.8, 4) is 11.3 Å². The van der Waals surface area contributed by atoms with Crippen LogP contribution < -0.4 is 5.32 Å². The Bertz CT molecular complexity index is 458. The summed E-state index contributed by atoms with van der Waals surface area (Å²) in [4.78, 5) is 8.60. The zero-order valence-corrected chi connectivity index (χ0v) is 11.0. The van der Waals surface area contributed by atoms with Crippen LogP contribution in [0.3, 0.4) is 0 Å². The molecule has 0 aliphatic carbocycles. The van der Waals surface area contributed by atoms with Crippen LogP contribution in [-0.2, 0) is 6.42 Å². The molecule has 0 bridgehead atoms. The molecule has 18 heavy (non-hydrogen) atoms. The third kappa shape index (κ3) is 3.87. The van der Waals surface area contributed by atoms with Crippen molar-refractivity contribution in [2.45, 2.75) is 12.8 Å². The van der Waals surface area contributed by atoms with Crippen LogP contribution in [0.25, 0.3) is 11.3 Å². The van der Waals surface area contributed by atoms with E-state index in [1.165, 1.54) is 0 Å². The molecule has 0 fully saturated rings. The van der Waals surface area contributed by atoms with Crippen LogP contribution in [0.4, 0.5) is 0 Å². The van der Waals surface area contributed by atoms with E-state index in [1.54, 1.807) is 23.7 Å². The highest BCUT2D eigenvalue weighted by molar-refractivity contribution is 7.09. The van der Waals surface area contributed by atoms with Gasteiger partial charge in [0, 0.05) is 42.9 Å². The van der Waals surface area contributed by atoms with Crippen LogP contribution in [0.5, 0.6) is 0 Å². The summed E-state index contributed by atoms with van der Waals surface area (Å²) in [5, 5.41) is 15.2. The van der Waals surface area contributed by atoms with Gasteiger partial charge in [0.1, 0.15) is 0 Å². The quantitative estimate of drug-likeness (QED) is 0.747.